The second-order valence-electron chi connectivity index (χ2n) is 5.24. The van der Waals surface area contributed by atoms with Gasteiger partial charge in [0.25, 0.3) is 0 Å². The fourth-order valence-electron chi connectivity index (χ4n) is 2.77. The Balaban J connectivity index is 2.01. The van der Waals surface area contributed by atoms with Gasteiger partial charge in [-0.3, -0.25) is 0 Å². The number of halogens is 3. The van der Waals surface area contributed by atoms with E-state index in [-0.39, 0.29) is 11.0 Å². The van der Waals surface area contributed by atoms with E-state index in [2.05, 4.69) is 5.32 Å². The standard InChI is InChI=1S/C16H14ClF2N/c17-13-5-2-1-4-12(13)16(9-20-10-16)8-11-14(18)6-3-7-15(11)19/h1-7,20H,8-10H2. The van der Waals surface area contributed by atoms with Gasteiger partial charge in [0.05, 0.1) is 0 Å². The van der Waals surface area contributed by atoms with Gasteiger partial charge < -0.3 is 5.32 Å². The van der Waals surface area contributed by atoms with E-state index in [1.54, 1.807) is 0 Å². The molecule has 1 heterocycles. The van der Waals surface area contributed by atoms with E-state index >= 15 is 0 Å². The Labute approximate surface area is 121 Å². The minimum atomic E-state index is -0.497. The summed E-state index contributed by atoms with van der Waals surface area (Å²) in [4.78, 5) is 0. The topological polar surface area (TPSA) is 12.0 Å². The molecule has 1 aliphatic heterocycles. The summed E-state index contributed by atoms with van der Waals surface area (Å²) in [5, 5.41) is 3.83. The van der Waals surface area contributed by atoms with Gasteiger partial charge in [-0.05, 0) is 30.2 Å². The molecule has 1 fully saturated rings. The third-order valence-electron chi connectivity index (χ3n) is 3.95. The molecule has 0 aliphatic carbocycles. The van der Waals surface area contributed by atoms with Gasteiger partial charge in [0.1, 0.15) is 11.6 Å². The van der Waals surface area contributed by atoms with Crippen LogP contribution in [0, 0.1) is 11.6 Å². The maximum atomic E-state index is 13.9. The van der Waals surface area contributed by atoms with Crippen molar-refractivity contribution in [2.75, 3.05) is 13.1 Å². The van der Waals surface area contributed by atoms with E-state index < -0.39 is 11.6 Å². The minimum Gasteiger partial charge on any atom is -0.315 e. The van der Waals surface area contributed by atoms with Gasteiger partial charge in [-0.2, -0.15) is 0 Å². The van der Waals surface area contributed by atoms with Crippen molar-refractivity contribution < 1.29 is 8.78 Å². The molecule has 0 spiro atoms. The Morgan fingerprint density at radius 1 is 1.00 bits per heavy atom. The Hall–Kier alpha value is -1.45. The SMILES string of the molecule is Fc1cccc(F)c1CC1(c2ccccc2Cl)CNC1. The lowest BCUT2D eigenvalue weighted by atomic mass is 9.71. The summed E-state index contributed by atoms with van der Waals surface area (Å²) in [5.74, 6) is -0.994. The first-order chi connectivity index (χ1) is 9.62. The van der Waals surface area contributed by atoms with Crippen molar-refractivity contribution >= 4 is 11.6 Å². The highest BCUT2D eigenvalue weighted by Gasteiger charge is 2.41. The van der Waals surface area contributed by atoms with Crippen LogP contribution in [0.1, 0.15) is 11.1 Å². The van der Waals surface area contributed by atoms with Crippen LogP contribution in [0.2, 0.25) is 5.02 Å². The van der Waals surface area contributed by atoms with Crippen LogP contribution in [0.25, 0.3) is 0 Å². The smallest absolute Gasteiger partial charge is 0.129 e. The third kappa shape index (κ3) is 2.21. The lowest BCUT2D eigenvalue weighted by molar-refractivity contribution is 0.269. The summed E-state index contributed by atoms with van der Waals surface area (Å²) in [7, 11) is 0. The average Bonchev–Trinajstić information content (AvgIpc) is 2.38. The molecule has 0 amide bonds. The average molecular weight is 294 g/mol. The highest BCUT2D eigenvalue weighted by molar-refractivity contribution is 6.31. The summed E-state index contributed by atoms with van der Waals surface area (Å²) in [6, 6.07) is 11.5. The zero-order valence-electron chi connectivity index (χ0n) is 10.8. The predicted molar refractivity (Wildman–Crippen MR) is 76.1 cm³/mol. The Kier molecular flexibility index (Phi) is 3.48. The molecular weight excluding hydrogens is 280 g/mol. The van der Waals surface area contributed by atoms with Gasteiger partial charge >= 0.3 is 0 Å². The molecule has 1 N–H and O–H groups in total. The molecule has 1 aliphatic rings. The van der Waals surface area contributed by atoms with Crippen LogP contribution in [-0.2, 0) is 11.8 Å². The van der Waals surface area contributed by atoms with Crippen LogP contribution >= 0.6 is 11.6 Å². The van der Waals surface area contributed by atoms with Gasteiger partial charge in [0.15, 0.2) is 0 Å². The van der Waals surface area contributed by atoms with Crippen LogP contribution in [0.3, 0.4) is 0 Å². The third-order valence-corrected chi connectivity index (χ3v) is 4.28. The molecule has 1 saturated heterocycles. The second-order valence-corrected chi connectivity index (χ2v) is 5.65. The number of hydrogen-bond acceptors (Lipinski definition) is 1. The molecule has 0 bridgehead atoms. The summed E-state index contributed by atoms with van der Waals surface area (Å²) >= 11 is 6.25. The van der Waals surface area contributed by atoms with Crippen molar-refractivity contribution in [3.8, 4) is 0 Å². The number of rotatable bonds is 3. The molecule has 1 nitrogen and oxygen atoms in total. The van der Waals surface area contributed by atoms with Crippen molar-refractivity contribution in [3.05, 3.63) is 70.2 Å². The fourth-order valence-corrected chi connectivity index (χ4v) is 3.10. The summed E-state index contributed by atoms with van der Waals surface area (Å²) < 4.78 is 27.7. The first kappa shape index (κ1) is 13.5. The molecular formula is C16H14ClF2N. The van der Waals surface area contributed by atoms with E-state index in [1.807, 2.05) is 24.3 Å². The predicted octanol–water partition coefficient (Wildman–Crippen LogP) is 3.70. The van der Waals surface area contributed by atoms with Crippen LogP contribution in [0.5, 0.6) is 0 Å². The highest BCUT2D eigenvalue weighted by Crippen LogP contribution is 2.37. The monoisotopic (exact) mass is 293 g/mol. The highest BCUT2D eigenvalue weighted by atomic mass is 35.5. The zero-order valence-corrected chi connectivity index (χ0v) is 11.6. The number of hydrogen-bond donors (Lipinski definition) is 1. The molecule has 104 valence electrons. The van der Waals surface area contributed by atoms with Crippen LogP contribution in [-0.4, -0.2) is 13.1 Å². The van der Waals surface area contributed by atoms with Gasteiger partial charge in [-0.1, -0.05) is 35.9 Å². The van der Waals surface area contributed by atoms with Crippen molar-refractivity contribution in [3.63, 3.8) is 0 Å². The maximum Gasteiger partial charge on any atom is 0.129 e. The minimum absolute atomic E-state index is 0.133. The van der Waals surface area contributed by atoms with Crippen LogP contribution < -0.4 is 5.32 Å². The van der Waals surface area contributed by atoms with Crippen LogP contribution in [0.15, 0.2) is 42.5 Å². The molecule has 0 atom stereocenters. The molecule has 2 aromatic rings. The van der Waals surface area contributed by atoms with Crippen LogP contribution in [0.4, 0.5) is 8.78 Å². The first-order valence-corrected chi connectivity index (χ1v) is 6.89. The van der Waals surface area contributed by atoms with E-state index in [0.717, 1.165) is 5.56 Å². The normalized spacial score (nSPS) is 16.8. The molecule has 0 aromatic heterocycles. The van der Waals surface area contributed by atoms with Gasteiger partial charge in [0.2, 0.25) is 0 Å². The molecule has 3 rings (SSSR count). The van der Waals surface area contributed by atoms with Crippen molar-refractivity contribution in [1.29, 1.82) is 0 Å². The number of nitrogens with one attached hydrogen (secondary N) is 1. The molecule has 4 heteroatoms. The van der Waals surface area contributed by atoms with Gasteiger partial charge in [-0.25, -0.2) is 8.78 Å². The van der Waals surface area contributed by atoms with E-state index in [4.69, 9.17) is 11.6 Å². The molecule has 0 saturated carbocycles. The Morgan fingerprint density at radius 2 is 1.65 bits per heavy atom. The lowest BCUT2D eigenvalue weighted by Crippen LogP contribution is -2.58. The van der Waals surface area contributed by atoms with E-state index in [0.29, 0.717) is 24.5 Å². The van der Waals surface area contributed by atoms with E-state index in [1.165, 1.54) is 18.2 Å². The summed E-state index contributed by atoms with van der Waals surface area (Å²) in [5.41, 5.74) is 0.749. The second kappa shape index (κ2) is 5.15. The summed E-state index contributed by atoms with van der Waals surface area (Å²) in [6.45, 7) is 1.34. The maximum absolute atomic E-state index is 13.9. The van der Waals surface area contributed by atoms with Gasteiger partial charge in [0, 0.05) is 29.1 Å². The molecule has 2 aromatic carbocycles. The Morgan fingerprint density at radius 3 is 2.20 bits per heavy atom. The lowest BCUT2D eigenvalue weighted by Gasteiger charge is -2.44. The zero-order chi connectivity index (χ0) is 14.2. The van der Waals surface area contributed by atoms with Crippen molar-refractivity contribution in [2.24, 2.45) is 0 Å². The van der Waals surface area contributed by atoms with Crippen molar-refractivity contribution in [1.82, 2.24) is 5.32 Å². The van der Waals surface area contributed by atoms with E-state index in [9.17, 15) is 8.78 Å². The molecule has 20 heavy (non-hydrogen) atoms. The first-order valence-electron chi connectivity index (χ1n) is 6.51. The summed E-state index contributed by atoms with van der Waals surface area (Å²) in [6.07, 6.45) is 0.308. The fraction of sp³-hybridized carbons (Fsp3) is 0.250. The quantitative estimate of drug-likeness (QED) is 0.910. The molecule has 0 unspecified atom stereocenters. The molecule has 0 radical (unpaired) electrons. The van der Waals surface area contributed by atoms with Gasteiger partial charge in [-0.15, -0.1) is 0 Å². The Bertz CT molecular complexity index is 618. The largest absolute Gasteiger partial charge is 0.315 e. The van der Waals surface area contributed by atoms with Crippen molar-refractivity contribution in [2.45, 2.75) is 11.8 Å². The number of benzene rings is 2.